The Hall–Kier alpha value is -3.66. The van der Waals surface area contributed by atoms with Crippen molar-refractivity contribution in [3.05, 3.63) is 59.5 Å². The van der Waals surface area contributed by atoms with Crippen LogP contribution in [0, 0.1) is 12.7 Å². The number of fused-ring (bicyclic) bond motifs is 1. The number of carbonyl (C=O) groups is 1. The molecule has 0 radical (unpaired) electrons. The largest absolute Gasteiger partial charge is 0.493 e. The number of hydrogen-bond donors (Lipinski definition) is 1. The summed E-state index contributed by atoms with van der Waals surface area (Å²) in [6.07, 6.45) is 1.61. The zero-order valence-corrected chi connectivity index (χ0v) is 20.6. The number of carbonyl (C=O) groups excluding carboxylic acids is 1. The van der Waals surface area contributed by atoms with Gasteiger partial charge in [0.05, 0.1) is 35.9 Å². The standard InChI is InChI=1S/C25H26FN5O3S/c1-15-22-23(31(29-15)18-9-7-16(26)8-10-18)28-25(35-22)30-13-11-17(12-14-30)27-24(32)19-5-4-6-20(33-2)21(19)34-3/h4-10,17H,11-14H2,1-3H3,(H,27,32). The number of piperidine rings is 1. The van der Waals surface area contributed by atoms with Gasteiger partial charge in [-0.2, -0.15) is 10.1 Å². The highest BCUT2D eigenvalue weighted by Crippen LogP contribution is 2.34. The minimum atomic E-state index is -0.285. The molecule has 0 spiro atoms. The van der Waals surface area contributed by atoms with Crippen LogP contribution in [0.4, 0.5) is 9.52 Å². The molecule has 182 valence electrons. The molecule has 0 atom stereocenters. The van der Waals surface area contributed by atoms with Crippen molar-refractivity contribution >= 4 is 32.7 Å². The van der Waals surface area contributed by atoms with Gasteiger partial charge in [0.1, 0.15) is 5.82 Å². The summed E-state index contributed by atoms with van der Waals surface area (Å²) in [6.45, 7) is 3.51. The van der Waals surface area contributed by atoms with Gasteiger partial charge < -0.3 is 19.7 Å². The Morgan fingerprint density at radius 3 is 2.54 bits per heavy atom. The summed E-state index contributed by atoms with van der Waals surface area (Å²) in [5.74, 6) is 0.507. The second-order valence-corrected chi connectivity index (χ2v) is 9.38. The number of thiazole rings is 1. The van der Waals surface area contributed by atoms with Crippen LogP contribution in [0.2, 0.25) is 0 Å². The summed E-state index contributed by atoms with van der Waals surface area (Å²) in [4.78, 5) is 20.0. The van der Waals surface area contributed by atoms with Crippen LogP contribution in [0.25, 0.3) is 16.0 Å². The van der Waals surface area contributed by atoms with Crippen molar-refractivity contribution in [3.8, 4) is 17.2 Å². The number of benzene rings is 2. The minimum Gasteiger partial charge on any atom is -0.493 e. The molecule has 35 heavy (non-hydrogen) atoms. The predicted octanol–water partition coefficient (Wildman–Crippen LogP) is 4.35. The van der Waals surface area contributed by atoms with Crippen molar-refractivity contribution in [2.75, 3.05) is 32.2 Å². The number of ether oxygens (including phenoxy) is 2. The van der Waals surface area contributed by atoms with E-state index in [1.165, 1.54) is 19.2 Å². The molecule has 3 heterocycles. The number of rotatable bonds is 6. The molecule has 1 aliphatic rings. The smallest absolute Gasteiger partial charge is 0.255 e. The fraction of sp³-hybridized carbons (Fsp3) is 0.320. The highest BCUT2D eigenvalue weighted by atomic mass is 32.1. The van der Waals surface area contributed by atoms with Crippen molar-refractivity contribution in [1.82, 2.24) is 20.1 Å². The number of aromatic nitrogens is 3. The van der Waals surface area contributed by atoms with Gasteiger partial charge in [0.2, 0.25) is 0 Å². The first-order valence-corrected chi connectivity index (χ1v) is 12.2. The number of para-hydroxylation sites is 1. The quantitative estimate of drug-likeness (QED) is 0.429. The third-order valence-electron chi connectivity index (χ3n) is 6.20. The van der Waals surface area contributed by atoms with Crippen molar-refractivity contribution < 1.29 is 18.7 Å². The molecule has 1 fully saturated rings. The van der Waals surface area contributed by atoms with E-state index in [-0.39, 0.29) is 17.8 Å². The first-order valence-electron chi connectivity index (χ1n) is 11.4. The fourth-order valence-electron chi connectivity index (χ4n) is 4.36. The van der Waals surface area contributed by atoms with Crippen LogP contribution in [0.5, 0.6) is 11.5 Å². The van der Waals surface area contributed by atoms with Crippen LogP contribution in [0.1, 0.15) is 28.9 Å². The highest BCUT2D eigenvalue weighted by molar-refractivity contribution is 7.22. The number of methoxy groups -OCH3 is 2. The Morgan fingerprint density at radius 1 is 1.11 bits per heavy atom. The van der Waals surface area contributed by atoms with E-state index in [1.54, 1.807) is 53.5 Å². The Morgan fingerprint density at radius 2 is 1.86 bits per heavy atom. The van der Waals surface area contributed by atoms with Gasteiger partial charge in [0.25, 0.3) is 5.91 Å². The fourth-order valence-corrected chi connectivity index (χ4v) is 5.40. The molecule has 0 unspecified atom stereocenters. The average Bonchev–Trinajstić information content (AvgIpc) is 3.45. The monoisotopic (exact) mass is 495 g/mol. The molecule has 2 aromatic heterocycles. The first-order chi connectivity index (χ1) is 17.0. The summed E-state index contributed by atoms with van der Waals surface area (Å²) < 4.78 is 26.9. The molecule has 5 rings (SSSR count). The SMILES string of the molecule is COc1cccc(C(=O)NC2CCN(c3nc4c(s3)c(C)nn4-c3ccc(F)cc3)CC2)c1OC. The number of amides is 1. The summed E-state index contributed by atoms with van der Waals surface area (Å²) in [5, 5.41) is 8.66. The molecule has 1 aliphatic heterocycles. The second-order valence-electron chi connectivity index (χ2n) is 8.40. The molecule has 1 amide bonds. The molecule has 1 N–H and O–H groups in total. The molecule has 2 aromatic carbocycles. The van der Waals surface area contributed by atoms with E-state index in [0.717, 1.165) is 52.8 Å². The normalized spacial score (nSPS) is 14.3. The van der Waals surface area contributed by atoms with Crippen molar-refractivity contribution in [3.63, 3.8) is 0 Å². The summed E-state index contributed by atoms with van der Waals surface area (Å²) >= 11 is 1.61. The van der Waals surface area contributed by atoms with Crippen LogP contribution < -0.4 is 19.7 Å². The number of nitrogens with one attached hydrogen (secondary N) is 1. The van der Waals surface area contributed by atoms with Gasteiger partial charge in [-0.3, -0.25) is 4.79 Å². The zero-order chi connectivity index (χ0) is 24.5. The average molecular weight is 496 g/mol. The molecule has 0 bridgehead atoms. The summed E-state index contributed by atoms with van der Waals surface area (Å²) in [5.41, 5.74) is 2.90. The lowest BCUT2D eigenvalue weighted by atomic mass is 10.0. The van der Waals surface area contributed by atoms with Gasteiger partial charge in [-0.1, -0.05) is 17.4 Å². The molecule has 0 saturated carbocycles. The lowest BCUT2D eigenvalue weighted by Gasteiger charge is -2.32. The Bertz CT molecular complexity index is 1360. The van der Waals surface area contributed by atoms with Crippen LogP contribution in [-0.2, 0) is 0 Å². The van der Waals surface area contributed by atoms with Gasteiger partial charge in [0, 0.05) is 19.1 Å². The van der Waals surface area contributed by atoms with Crippen molar-refractivity contribution in [2.45, 2.75) is 25.8 Å². The first kappa shape index (κ1) is 23.1. The highest BCUT2D eigenvalue weighted by Gasteiger charge is 2.26. The van der Waals surface area contributed by atoms with Crippen LogP contribution >= 0.6 is 11.3 Å². The van der Waals surface area contributed by atoms with E-state index in [1.807, 2.05) is 6.92 Å². The van der Waals surface area contributed by atoms with Crippen LogP contribution in [-0.4, -0.2) is 54.0 Å². The molecular weight excluding hydrogens is 469 g/mol. The maximum atomic E-state index is 13.4. The summed E-state index contributed by atoms with van der Waals surface area (Å²) in [7, 11) is 3.08. The third-order valence-corrected chi connectivity index (χ3v) is 7.41. The summed E-state index contributed by atoms with van der Waals surface area (Å²) in [6, 6.07) is 11.6. The number of halogens is 1. The van der Waals surface area contributed by atoms with E-state index in [2.05, 4.69) is 15.3 Å². The number of hydrogen-bond acceptors (Lipinski definition) is 7. The lowest BCUT2D eigenvalue weighted by Crippen LogP contribution is -2.44. The third kappa shape index (κ3) is 4.41. The molecule has 0 aliphatic carbocycles. The van der Waals surface area contributed by atoms with Crippen molar-refractivity contribution in [2.24, 2.45) is 0 Å². The Balaban J connectivity index is 1.28. The molecular formula is C25H26FN5O3S. The van der Waals surface area contributed by atoms with E-state index in [0.29, 0.717) is 17.1 Å². The molecule has 4 aromatic rings. The number of anilines is 1. The maximum absolute atomic E-state index is 13.4. The van der Waals surface area contributed by atoms with E-state index < -0.39 is 0 Å². The Labute approximate surface area is 206 Å². The van der Waals surface area contributed by atoms with Crippen LogP contribution in [0.15, 0.2) is 42.5 Å². The van der Waals surface area contributed by atoms with Gasteiger partial charge in [-0.15, -0.1) is 0 Å². The van der Waals surface area contributed by atoms with E-state index in [9.17, 15) is 9.18 Å². The van der Waals surface area contributed by atoms with Gasteiger partial charge in [-0.05, 0) is 56.2 Å². The number of aryl methyl sites for hydroxylation is 1. The van der Waals surface area contributed by atoms with Gasteiger partial charge >= 0.3 is 0 Å². The van der Waals surface area contributed by atoms with Crippen molar-refractivity contribution in [1.29, 1.82) is 0 Å². The Kier molecular flexibility index (Phi) is 6.29. The van der Waals surface area contributed by atoms with Crippen LogP contribution in [0.3, 0.4) is 0 Å². The minimum absolute atomic E-state index is 0.0560. The molecule has 1 saturated heterocycles. The number of nitrogens with zero attached hydrogens (tertiary/aromatic N) is 4. The lowest BCUT2D eigenvalue weighted by molar-refractivity contribution is 0.0927. The predicted molar refractivity (Wildman–Crippen MR) is 134 cm³/mol. The van der Waals surface area contributed by atoms with E-state index in [4.69, 9.17) is 14.5 Å². The zero-order valence-electron chi connectivity index (χ0n) is 19.7. The second kappa shape index (κ2) is 9.53. The topological polar surface area (TPSA) is 81.5 Å². The van der Waals surface area contributed by atoms with Gasteiger partial charge in [-0.25, -0.2) is 9.07 Å². The van der Waals surface area contributed by atoms with E-state index >= 15 is 0 Å². The maximum Gasteiger partial charge on any atom is 0.255 e. The van der Waals surface area contributed by atoms with Gasteiger partial charge in [0.15, 0.2) is 22.3 Å². The molecule has 8 nitrogen and oxygen atoms in total. The molecule has 10 heteroatoms.